The van der Waals surface area contributed by atoms with Gasteiger partial charge in [0.15, 0.2) is 11.5 Å². The van der Waals surface area contributed by atoms with Crippen LogP contribution < -0.4 is 19.1 Å². The van der Waals surface area contributed by atoms with Gasteiger partial charge in [-0.05, 0) is 30.7 Å². The van der Waals surface area contributed by atoms with E-state index in [1.807, 2.05) is 0 Å². The summed E-state index contributed by atoms with van der Waals surface area (Å²) in [6.07, 6.45) is 1.29. The predicted octanol–water partition coefficient (Wildman–Crippen LogP) is 3.03. The Labute approximate surface area is 164 Å². The lowest BCUT2D eigenvalue weighted by atomic mass is 10.2. The summed E-state index contributed by atoms with van der Waals surface area (Å²) in [5.74, 6) is 0.0780. The highest BCUT2D eigenvalue weighted by Gasteiger charge is 2.20. The molecule has 28 heavy (non-hydrogen) atoms. The minimum Gasteiger partial charge on any atom is -0.493 e. The fourth-order valence-corrected chi connectivity index (χ4v) is 3.61. The molecule has 0 unspecified atom stereocenters. The molecule has 2 rings (SSSR count). The molecule has 0 atom stereocenters. The normalized spacial score (nSPS) is 11.0. The Balaban J connectivity index is 1.99. The number of hydrogen-bond acceptors (Lipinski definition) is 5. The maximum Gasteiger partial charge on any atom is 0.232 e. The highest BCUT2D eigenvalue weighted by molar-refractivity contribution is 7.92. The summed E-state index contributed by atoms with van der Waals surface area (Å²) in [7, 11) is -0.678. The highest BCUT2D eigenvalue weighted by Crippen LogP contribution is 2.29. The summed E-state index contributed by atoms with van der Waals surface area (Å²) in [4.78, 5) is 12.2. The average Bonchev–Trinajstić information content (AvgIpc) is 2.65. The molecule has 0 heterocycles. The topological polar surface area (TPSA) is 84.9 Å². The average molecular weight is 410 g/mol. The molecule has 0 saturated carbocycles. The van der Waals surface area contributed by atoms with Crippen LogP contribution in [-0.4, -0.2) is 41.3 Å². The minimum atomic E-state index is -3.68. The SMILES string of the molecule is COc1ccc(NC(=O)CCCN(c2ccccc2F)S(C)(=O)=O)cc1OC. The van der Waals surface area contributed by atoms with E-state index in [0.717, 1.165) is 10.6 Å². The number of methoxy groups -OCH3 is 2. The van der Waals surface area contributed by atoms with Crippen LogP contribution >= 0.6 is 0 Å². The Morgan fingerprint density at radius 2 is 1.79 bits per heavy atom. The maximum absolute atomic E-state index is 14.0. The number of carbonyl (C=O) groups is 1. The zero-order valence-corrected chi connectivity index (χ0v) is 16.8. The summed E-state index contributed by atoms with van der Waals surface area (Å²) in [5.41, 5.74) is 0.488. The second-order valence-corrected chi connectivity index (χ2v) is 7.91. The number of nitrogens with zero attached hydrogens (tertiary/aromatic N) is 1. The first-order valence-electron chi connectivity index (χ1n) is 8.50. The number of nitrogens with one attached hydrogen (secondary N) is 1. The summed E-state index contributed by atoms with van der Waals surface area (Å²) in [5, 5.41) is 2.72. The van der Waals surface area contributed by atoms with Gasteiger partial charge in [-0.25, -0.2) is 12.8 Å². The van der Waals surface area contributed by atoms with E-state index in [0.29, 0.717) is 17.2 Å². The van der Waals surface area contributed by atoms with Gasteiger partial charge in [-0.3, -0.25) is 9.10 Å². The molecule has 1 amide bonds. The van der Waals surface area contributed by atoms with Crippen molar-refractivity contribution in [3.05, 3.63) is 48.3 Å². The van der Waals surface area contributed by atoms with E-state index in [1.165, 1.54) is 32.4 Å². The molecule has 9 heteroatoms. The van der Waals surface area contributed by atoms with Crippen molar-refractivity contribution in [1.29, 1.82) is 0 Å². The van der Waals surface area contributed by atoms with E-state index in [2.05, 4.69) is 5.32 Å². The Morgan fingerprint density at radius 3 is 2.39 bits per heavy atom. The van der Waals surface area contributed by atoms with E-state index in [-0.39, 0.29) is 31.0 Å². The molecule has 0 aliphatic carbocycles. The van der Waals surface area contributed by atoms with E-state index >= 15 is 0 Å². The van der Waals surface area contributed by atoms with Crippen LogP contribution in [0.5, 0.6) is 11.5 Å². The monoisotopic (exact) mass is 410 g/mol. The number of ether oxygens (including phenoxy) is 2. The molecule has 0 aliphatic heterocycles. The molecule has 0 saturated heterocycles. The number of sulfonamides is 1. The third-order valence-corrected chi connectivity index (χ3v) is 5.13. The molecular weight excluding hydrogens is 387 g/mol. The number of para-hydroxylation sites is 1. The van der Waals surface area contributed by atoms with Crippen LogP contribution in [0.2, 0.25) is 0 Å². The summed E-state index contributed by atoms with van der Waals surface area (Å²) in [6.45, 7) is -0.0148. The van der Waals surface area contributed by atoms with Crippen molar-refractivity contribution >= 4 is 27.3 Å². The number of hydrogen-bond donors (Lipinski definition) is 1. The molecule has 0 spiro atoms. The standard InChI is InChI=1S/C19H23FN2O5S/c1-26-17-11-10-14(13-18(17)27-2)21-19(23)9-6-12-22(28(3,24)25)16-8-5-4-7-15(16)20/h4-5,7-8,10-11,13H,6,9,12H2,1-3H3,(H,21,23). The van der Waals surface area contributed by atoms with E-state index < -0.39 is 15.8 Å². The predicted molar refractivity (Wildman–Crippen MR) is 106 cm³/mol. The van der Waals surface area contributed by atoms with Crippen molar-refractivity contribution in [3.8, 4) is 11.5 Å². The van der Waals surface area contributed by atoms with Gasteiger partial charge in [0, 0.05) is 24.7 Å². The fourth-order valence-electron chi connectivity index (χ4n) is 2.64. The smallest absolute Gasteiger partial charge is 0.232 e. The third-order valence-electron chi connectivity index (χ3n) is 3.95. The number of carbonyl (C=O) groups excluding carboxylic acids is 1. The second kappa shape index (κ2) is 9.41. The van der Waals surface area contributed by atoms with Crippen molar-refractivity contribution in [2.75, 3.05) is 36.6 Å². The summed E-state index contributed by atoms with van der Waals surface area (Å²) in [6, 6.07) is 10.6. The van der Waals surface area contributed by atoms with Gasteiger partial charge in [0.25, 0.3) is 0 Å². The number of amides is 1. The summed E-state index contributed by atoms with van der Waals surface area (Å²) >= 11 is 0. The zero-order valence-electron chi connectivity index (χ0n) is 15.9. The number of rotatable bonds is 9. The van der Waals surface area contributed by atoms with Crippen LogP contribution in [-0.2, 0) is 14.8 Å². The Morgan fingerprint density at radius 1 is 1.11 bits per heavy atom. The Kier molecular flexibility index (Phi) is 7.22. The first-order valence-corrected chi connectivity index (χ1v) is 10.3. The Hall–Kier alpha value is -2.81. The van der Waals surface area contributed by atoms with Crippen LogP contribution in [0.4, 0.5) is 15.8 Å². The molecule has 7 nitrogen and oxygen atoms in total. The maximum atomic E-state index is 14.0. The van der Waals surface area contributed by atoms with E-state index in [9.17, 15) is 17.6 Å². The van der Waals surface area contributed by atoms with Crippen molar-refractivity contribution in [1.82, 2.24) is 0 Å². The molecule has 0 aliphatic rings. The summed E-state index contributed by atoms with van der Waals surface area (Å²) < 4.78 is 49.3. The molecule has 1 N–H and O–H groups in total. The van der Waals surface area contributed by atoms with Crippen LogP contribution in [0.15, 0.2) is 42.5 Å². The zero-order chi connectivity index (χ0) is 20.7. The van der Waals surface area contributed by atoms with Gasteiger partial charge in [-0.15, -0.1) is 0 Å². The van der Waals surface area contributed by atoms with Crippen LogP contribution in [0.3, 0.4) is 0 Å². The van der Waals surface area contributed by atoms with Gasteiger partial charge in [-0.2, -0.15) is 0 Å². The van der Waals surface area contributed by atoms with Gasteiger partial charge in [0.2, 0.25) is 15.9 Å². The molecule has 2 aromatic carbocycles. The van der Waals surface area contributed by atoms with Gasteiger partial charge in [0.1, 0.15) is 5.82 Å². The lowest BCUT2D eigenvalue weighted by molar-refractivity contribution is -0.116. The minimum absolute atomic E-state index is 0.0148. The van der Waals surface area contributed by atoms with Crippen molar-refractivity contribution in [2.24, 2.45) is 0 Å². The lowest BCUT2D eigenvalue weighted by Crippen LogP contribution is -2.32. The first kappa shape index (κ1) is 21.5. The van der Waals surface area contributed by atoms with Crippen LogP contribution in [0.1, 0.15) is 12.8 Å². The number of benzene rings is 2. The molecule has 0 bridgehead atoms. The van der Waals surface area contributed by atoms with Crippen LogP contribution in [0, 0.1) is 5.82 Å². The quantitative estimate of drug-likeness (QED) is 0.687. The van der Waals surface area contributed by atoms with Gasteiger partial charge in [-0.1, -0.05) is 12.1 Å². The third kappa shape index (κ3) is 5.59. The van der Waals surface area contributed by atoms with Crippen molar-refractivity contribution < 1.29 is 27.1 Å². The molecule has 0 radical (unpaired) electrons. The first-order chi connectivity index (χ1) is 13.3. The molecular formula is C19H23FN2O5S. The van der Waals surface area contributed by atoms with Gasteiger partial charge in [0.05, 0.1) is 26.2 Å². The molecule has 152 valence electrons. The molecule has 2 aromatic rings. The fraction of sp³-hybridized carbons (Fsp3) is 0.316. The van der Waals surface area contributed by atoms with Crippen molar-refractivity contribution in [3.63, 3.8) is 0 Å². The van der Waals surface area contributed by atoms with Crippen molar-refractivity contribution in [2.45, 2.75) is 12.8 Å². The van der Waals surface area contributed by atoms with Gasteiger partial charge >= 0.3 is 0 Å². The Bertz CT molecular complexity index is 934. The largest absolute Gasteiger partial charge is 0.493 e. The number of anilines is 2. The highest BCUT2D eigenvalue weighted by atomic mass is 32.2. The van der Waals surface area contributed by atoms with E-state index in [1.54, 1.807) is 24.3 Å². The molecule has 0 fully saturated rings. The van der Waals surface area contributed by atoms with Gasteiger partial charge < -0.3 is 14.8 Å². The number of halogens is 1. The lowest BCUT2D eigenvalue weighted by Gasteiger charge is -2.22. The molecule has 0 aromatic heterocycles. The van der Waals surface area contributed by atoms with Crippen LogP contribution in [0.25, 0.3) is 0 Å². The van der Waals surface area contributed by atoms with E-state index in [4.69, 9.17) is 9.47 Å². The second-order valence-electron chi connectivity index (χ2n) is 6.01.